The van der Waals surface area contributed by atoms with Gasteiger partial charge in [-0.2, -0.15) is 5.26 Å². The van der Waals surface area contributed by atoms with Crippen LogP contribution in [0, 0.1) is 11.3 Å². The summed E-state index contributed by atoms with van der Waals surface area (Å²) in [6, 6.07) is 12.8. The Bertz CT molecular complexity index is 351. The minimum absolute atomic E-state index is 0.112. The summed E-state index contributed by atoms with van der Waals surface area (Å²) in [5, 5.41) is 12.3. The molecular formula is C14H18N2. The van der Waals surface area contributed by atoms with Crippen molar-refractivity contribution < 1.29 is 0 Å². The Kier molecular flexibility index (Phi) is 5.31. The molecule has 0 fully saturated rings. The Morgan fingerprint density at radius 3 is 2.69 bits per heavy atom. The third-order valence-electron chi connectivity index (χ3n) is 2.50. The second-order valence-electron chi connectivity index (χ2n) is 3.92. The predicted molar refractivity (Wildman–Crippen MR) is 66.8 cm³/mol. The van der Waals surface area contributed by atoms with E-state index in [0.29, 0.717) is 12.5 Å². The molecule has 1 aromatic rings. The van der Waals surface area contributed by atoms with Crippen molar-refractivity contribution in [3.8, 4) is 6.07 Å². The fraction of sp³-hybridized carbons (Fsp3) is 0.357. The zero-order valence-electron chi connectivity index (χ0n) is 9.69. The largest absolute Gasteiger partial charge is 0.306 e. The lowest BCUT2D eigenvalue weighted by molar-refractivity contribution is 0.462. The summed E-state index contributed by atoms with van der Waals surface area (Å²) in [5.41, 5.74) is 1.17. The molecule has 0 bridgehead atoms. The quantitative estimate of drug-likeness (QED) is 0.738. The standard InChI is InChI=1S/C14H18N2/c1-3-7-12(2)16-14(10-11-15)13-8-5-4-6-9-13/h3-6,8-9,12,14,16H,1,7,10H2,2H3. The summed E-state index contributed by atoms with van der Waals surface area (Å²) in [4.78, 5) is 0. The molecular weight excluding hydrogens is 196 g/mol. The normalized spacial score (nSPS) is 13.8. The van der Waals surface area contributed by atoms with E-state index in [-0.39, 0.29) is 6.04 Å². The lowest BCUT2D eigenvalue weighted by atomic mass is 10.0. The Balaban J connectivity index is 2.68. The molecule has 2 nitrogen and oxygen atoms in total. The first kappa shape index (κ1) is 12.5. The summed E-state index contributed by atoms with van der Waals surface area (Å²) in [6.07, 6.45) is 3.30. The summed E-state index contributed by atoms with van der Waals surface area (Å²) in [6.45, 7) is 5.83. The lowest BCUT2D eigenvalue weighted by Crippen LogP contribution is -2.29. The first-order chi connectivity index (χ1) is 7.77. The van der Waals surface area contributed by atoms with Crippen molar-refractivity contribution in [1.82, 2.24) is 5.32 Å². The van der Waals surface area contributed by atoms with E-state index in [0.717, 1.165) is 6.42 Å². The Morgan fingerprint density at radius 1 is 1.44 bits per heavy atom. The van der Waals surface area contributed by atoms with Crippen LogP contribution in [0.2, 0.25) is 0 Å². The smallest absolute Gasteiger partial charge is 0.0641 e. The molecule has 1 N–H and O–H groups in total. The van der Waals surface area contributed by atoms with Crippen LogP contribution in [0.25, 0.3) is 0 Å². The highest BCUT2D eigenvalue weighted by atomic mass is 14.9. The summed E-state index contributed by atoms with van der Waals surface area (Å²) in [7, 11) is 0. The van der Waals surface area contributed by atoms with Crippen molar-refractivity contribution in [3.05, 3.63) is 48.6 Å². The first-order valence-corrected chi connectivity index (χ1v) is 5.56. The number of nitrogens with zero attached hydrogens (tertiary/aromatic N) is 1. The average Bonchev–Trinajstić information content (AvgIpc) is 2.30. The monoisotopic (exact) mass is 214 g/mol. The van der Waals surface area contributed by atoms with E-state index < -0.39 is 0 Å². The van der Waals surface area contributed by atoms with Gasteiger partial charge in [-0.1, -0.05) is 36.4 Å². The van der Waals surface area contributed by atoms with Gasteiger partial charge in [-0.05, 0) is 18.9 Å². The van der Waals surface area contributed by atoms with Gasteiger partial charge in [-0.25, -0.2) is 0 Å². The molecule has 16 heavy (non-hydrogen) atoms. The SMILES string of the molecule is C=CCC(C)NC(CC#N)c1ccccc1. The zero-order valence-corrected chi connectivity index (χ0v) is 9.69. The zero-order chi connectivity index (χ0) is 11.8. The third-order valence-corrected chi connectivity index (χ3v) is 2.50. The molecule has 0 spiro atoms. The highest BCUT2D eigenvalue weighted by Gasteiger charge is 2.12. The highest BCUT2D eigenvalue weighted by molar-refractivity contribution is 5.20. The third kappa shape index (κ3) is 3.88. The van der Waals surface area contributed by atoms with Crippen molar-refractivity contribution in [1.29, 1.82) is 5.26 Å². The average molecular weight is 214 g/mol. The minimum atomic E-state index is 0.112. The molecule has 0 saturated heterocycles. The van der Waals surface area contributed by atoms with Gasteiger partial charge < -0.3 is 5.32 Å². The molecule has 1 aromatic carbocycles. The van der Waals surface area contributed by atoms with Crippen molar-refractivity contribution >= 4 is 0 Å². The first-order valence-electron chi connectivity index (χ1n) is 5.56. The van der Waals surface area contributed by atoms with Crippen LogP contribution in [-0.2, 0) is 0 Å². The van der Waals surface area contributed by atoms with Gasteiger partial charge in [0.05, 0.1) is 12.5 Å². The van der Waals surface area contributed by atoms with Gasteiger partial charge in [0.2, 0.25) is 0 Å². The van der Waals surface area contributed by atoms with Gasteiger partial charge in [-0.15, -0.1) is 6.58 Å². The van der Waals surface area contributed by atoms with Crippen molar-refractivity contribution in [2.24, 2.45) is 0 Å². The maximum absolute atomic E-state index is 8.83. The number of benzene rings is 1. The van der Waals surface area contributed by atoms with Crippen LogP contribution in [-0.4, -0.2) is 6.04 Å². The molecule has 0 aromatic heterocycles. The van der Waals surface area contributed by atoms with Crippen molar-refractivity contribution in [3.63, 3.8) is 0 Å². The molecule has 0 radical (unpaired) electrons. The van der Waals surface area contributed by atoms with Gasteiger partial charge in [0.15, 0.2) is 0 Å². The fourth-order valence-electron chi connectivity index (χ4n) is 1.71. The Morgan fingerprint density at radius 2 is 2.12 bits per heavy atom. The molecule has 2 heteroatoms. The van der Waals surface area contributed by atoms with E-state index in [1.165, 1.54) is 5.56 Å². The van der Waals surface area contributed by atoms with E-state index in [1.54, 1.807) is 0 Å². The van der Waals surface area contributed by atoms with Gasteiger partial charge >= 0.3 is 0 Å². The van der Waals surface area contributed by atoms with Crippen LogP contribution in [0.4, 0.5) is 0 Å². The molecule has 84 valence electrons. The molecule has 0 aliphatic heterocycles. The van der Waals surface area contributed by atoms with Crippen LogP contribution in [0.15, 0.2) is 43.0 Å². The maximum Gasteiger partial charge on any atom is 0.0641 e. The molecule has 0 heterocycles. The molecule has 2 unspecified atom stereocenters. The molecule has 0 aliphatic rings. The number of hydrogen-bond donors (Lipinski definition) is 1. The summed E-state index contributed by atoms with van der Waals surface area (Å²) < 4.78 is 0. The molecule has 0 amide bonds. The fourth-order valence-corrected chi connectivity index (χ4v) is 1.71. The van der Waals surface area contributed by atoms with Gasteiger partial charge in [-0.3, -0.25) is 0 Å². The molecule has 0 aliphatic carbocycles. The number of hydrogen-bond acceptors (Lipinski definition) is 2. The molecule has 0 saturated carbocycles. The molecule has 2 atom stereocenters. The van der Waals surface area contributed by atoms with E-state index in [1.807, 2.05) is 24.3 Å². The highest BCUT2D eigenvalue weighted by Crippen LogP contribution is 2.17. The second kappa shape index (κ2) is 6.81. The van der Waals surface area contributed by atoms with E-state index in [4.69, 9.17) is 5.26 Å². The second-order valence-corrected chi connectivity index (χ2v) is 3.92. The summed E-state index contributed by atoms with van der Waals surface area (Å²) in [5.74, 6) is 0. The minimum Gasteiger partial charge on any atom is -0.306 e. The van der Waals surface area contributed by atoms with Gasteiger partial charge in [0.1, 0.15) is 0 Å². The van der Waals surface area contributed by atoms with Crippen LogP contribution in [0.3, 0.4) is 0 Å². The van der Waals surface area contributed by atoms with E-state index >= 15 is 0 Å². The topological polar surface area (TPSA) is 35.8 Å². The van der Waals surface area contributed by atoms with Crippen molar-refractivity contribution in [2.75, 3.05) is 0 Å². The number of rotatable bonds is 6. The molecule has 1 rings (SSSR count). The van der Waals surface area contributed by atoms with Crippen molar-refractivity contribution in [2.45, 2.75) is 31.8 Å². The van der Waals surface area contributed by atoms with Gasteiger partial charge in [0.25, 0.3) is 0 Å². The Labute approximate surface area is 97.6 Å². The van der Waals surface area contributed by atoms with Gasteiger partial charge in [0, 0.05) is 12.1 Å². The van der Waals surface area contributed by atoms with Crippen LogP contribution in [0.1, 0.15) is 31.4 Å². The number of nitrogens with one attached hydrogen (secondary N) is 1. The maximum atomic E-state index is 8.83. The Hall–Kier alpha value is -1.59. The number of nitriles is 1. The summed E-state index contributed by atoms with van der Waals surface area (Å²) >= 11 is 0. The van der Waals surface area contributed by atoms with E-state index in [9.17, 15) is 0 Å². The van der Waals surface area contributed by atoms with Crippen LogP contribution >= 0.6 is 0 Å². The lowest BCUT2D eigenvalue weighted by Gasteiger charge is -2.20. The van der Waals surface area contributed by atoms with Crippen LogP contribution in [0.5, 0.6) is 0 Å². The predicted octanol–water partition coefficient (Wildman–Crippen LogP) is 3.20. The van der Waals surface area contributed by atoms with Crippen LogP contribution < -0.4 is 5.32 Å². The van der Waals surface area contributed by atoms with E-state index in [2.05, 4.69) is 37.0 Å².